The van der Waals surface area contributed by atoms with E-state index in [2.05, 4.69) is 64.8 Å². The molecular weight excluding hydrogens is 1730 g/mol. The van der Waals surface area contributed by atoms with Crippen molar-refractivity contribution in [1.29, 1.82) is 0 Å². The molecular formula is C101H109Cl4N13O12. The number of carbonyl (C=O) groups excluding carboxylic acids is 8. The molecule has 4 aromatic heterocycles. The average molecular weight is 1840 g/mol. The van der Waals surface area contributed by atoms with Crippen LogP contribution in [0.25, 0.3) is 0 Å². The summed E-state index contributed by atoms with van der Waals surface area (Å²) in [5.41, 5.74) is 17.7. The molecule has 5 saturated heterocycles. The molecule has 678 valence electrons. The Bertz CT molecular complexity index is 5620. The van der Waals surface area contributed by atoms with E-state index in [4.69, 9.17) is 65.1 Å². The standard InChI is InChI=1S/C24H24ClN3O2.C23H24ClNO4.C22H24ClN5O2.C16H18ClN3.C16H19NO4/c1-17-21(14-18-9-11-20(25)12-10-18)23(27-16-26-17)22-8-5-13-28(22)24(29)30-15-19-6-3-2-4-7-19;1-16(26)20(14-17-9-11-19(24)12-10-17)22(27)21-8-5-13-25(21)23(28)29-15-18-6-3-2-4-7-18;1-13-18(11-16-6-8-17(23)9-7-16)21(25-12-24-13)19-5-4-10-28(19)22(29)26-20-14(2)27-30-15(20)3;1-11-14(9-12-4-6-13(17)7-5-12)16(20-10-19-11)15-3-2-8-18-15;1-12(18)10-15(19)14-8-5-9-17(14)16(20)21-11-13-6-3-2-4-7-13/h2-4,6-7,9-12,16,22H,5,8,13-15H2,1H3;2-4,6-7,9-12,20-21H,5,8,13-15H2,1H3;6-9,12,19H,4-5,10-11H2,1-3H3,(H,26,29);4-7,10,15,18H,2-3,8-9H2,1H3;2-4,6-7,14H,5,8-11H2,1H3/t;20?,21-;;;14-/m.1..1/s1. The Kier molecular flexibility index (Phi) is 35.8. The van der Waals surface area contributed by atoms with Gasteiger partial charge in [0.15, 0.2) is 17.3 Å². The van der Waals surface area contributed by atoms with Crippen LogP contribution in [0.3, 0.4) is 0 Å². The van der Waals surface area contributed by atoms with Gasteiger partial charge in [0.05, 0.1) is 53.6 Å². The third-order valence-corrected chi connectivity index (χ3v) is 24.7. The predicted octanol–water partition coefficient (Wildman–Crippen LogP) is 20.8. The number of amides is 5. The van der Waals surface area contributed by atoms with E-state index in [1.165, 1.54) is 41.2 Å². The van der Waals surface area contributed by atoms with Crippen molar-refractivity contribution in [2.75, 3.05) is 38.0 Å². The van der Waals surface area contributed by atoms with E-state index in [1.807, 2.05) is 189 Å². The van der Waals surface area contributed by atoms with Gasteiger partial charge in [-0.25, -0.2) is 49.1 Å². The highest BCUT2D eigenvalue weighted by Crippen LogP contribution is 2.38. The quantitative estimate of drug-likeness (QED) is 0.0419. The largest absolute Gasteiger partial charge is 0.445 e. The smallest absolute Gasteiger partial charge is 0.410 e. The number of Topliss-reactive ketones (excluding diaryl/α,β-unsaturated/α-hetero) is 4. The molecule has 4 unspecified atom stereocenters. The predicted molar refractivity (Wildman–Crippen MR) is 499 cm³/mol. The van der Waals surface area contributed by atoms with Crippen molar-refractivity contribution in [3.8, 4) is 0 Å². The lowest BCUT2D eigenvalue weighted by molar-refractivity contribution is -0.134. The fourth-order valence-corrected chi connectivity index (χ4v) is 17.2. The summed E-state index contributed by atoms with van der Waals surface area (Å²) in [5, 5.41) is 13.2. The van der Waals surface area contributed by atoms with Gasteiger partial charge in [-0.2, -0.15) is 0 Å². The lowest BCUT2D eigenvalue weighted by atomic mass is 9.87. The van der Waals surface area contributed by atoms with Crippen LogP contribution in [0.4, 0.5) is 24.9 Å². The molecule has 5 aliphatic rings. The number of ketones is 4. The van der Waals surface area contributed by atoms with Crippen LogP contribution in [-0.2, 0) is 78.9 Å². The van der Waals surface area contributed by atoms with E-state index in [-0.39, 0.29) is 73.6 Å². The minimum Gasteiger partial charge on any atom is -0.445 e. The third kappa shape index (κ3) is 27.2. The highest BCUT2D eigenvalue weighted by Gasteiger charge is 2.41. The molecule has 25 nitrogen and oxygen atoms in total. The zero-order valence-electron chi connectivity index (χ0n) is 74.2. The van der Waals surface area contributed by atoms with Gasteiger partial charge in [-0.05, 0) is 213 Å². The van der Waals surface area contributed by atoms with Gasteiger partial charge in [-0.3, -0.25) is 33.9 Å². The number of hydrogen-bond donors (Lipinski definition) is 2. The summed E-state index contributed by atoms with van der Waals surface area (Å²) in [5.74, 6) is -0.987. The Balaban J connectivity index is 0.000000148. The van der Waals surface area contributed by atoms with Crippen molar-refractivity contribution in [2.24, 2.45) is 5.92 Å². The van der Waals surface area contributed by atoms with Crippen molar-refractivity contribution >= 4 is 99.5 Å². The minimum absolute atomic E-state index is 0.0997. The molecule has 0 saturated carbocycles. The van der Waals surface area contributed by atoms with E-state index in [0.29, 0.717) is 103 Å². The fraction of sp³-hybridized carbons (Fsp3) is 0.356. The van der Waals surface area contributed by atoms with Crippen LogP contribution in [0, 0.1) is 40.5 Å². The Morgan fingerprint density at radius 2 is 0.800 bits per heavy atom. The molecule has 5 fully saturated rings. The van der Waals surface area contributed by atoms with E-state index >= 15 is 0 Å². The first-order chi connectivity index (χ1) is 62.8. The summed E-state index contributed by atoms with van der Waals surface area (Å²) in [4.78, 5) is 132. The van der Waals surface area contributed by atoms with Crippen molar-refractivity contribution in [3.63, 3.8) is 0 Å². The van der Waals surface area contributed by atoms with Crippen LogP contribution >= 0.6 is 46.4 Å². The molecule has 16 rings (SSSR count). The maximum absolute atomic E-state index is 13.2. The van der Waals surface area contributed by atoms with Crippen LogP contribution in [0.15, 0.2) is 212 Å². The maximum Gasteiger partial charge on any atom is 0.410 e. The monoisotopic (exact) mass is 1840 g/mol. The second kappa shape index (κ2) is 48.0. The number of nitrogens with zero attached hydrogens (tertiary/aromatic N) is 11. The number of hydrogen-bond acceptors (Lipinski definition) is 20. The molecule has 6 atom stereocenters. The van der Waals surface area contributed by atoms with Crippen LogP contribution in [0.1, 0.15) is 204 Å². The molecule has 5 amide bonds. The number of urea groups is 1. The first-order valence-corrected chi connectivity index (χ1v) is 45.4. The molecule has 0 bridgehead atoms. The summed E-state index contributed by atoms with van der Waals surface area (Å²) >= 11 is 23.9. The summed E-state index contributed by atoms with van der Waals surface area (Å²) in [6.45, 7) is 16.4. The van der Waals surface area contributed by atoms with Crippen molar-refractivity contribution in [2.45, 2.75) is 195 Å². The van der Waals surface area contributed by atoms with E-state index in [0.717, 1.165) is 135 Å². The first-order valence-electron chi connectivity index (χ1n) is 43.9. The summed E-state index contributed by atoms with van der Waals surface area (Å²) in [6.07, 6.45) is 14.5. The lowest BCUT2D eigenvalue weighted by Crippen LogP contribution is -2.45. The van der Waals surface area contributed by atoms with Gasteiger partial charge in [0.2, 0.25) is 0 Å². The second-order valence-corrected chi connectivity index (χ2v) is 34.7. The number of likely N-dealkylation sites (tertiary alicyclic amines) is 4. The second-order valence-electron chi connectivity index (χ2n) is 32.9. The third-order valence-electron chi connectivity index (χ3n) is 23.7. The summed E-state index contributed by atoms with van der Waals surface area (Å²) in [6, 6.07) is 58.0. The maximum atomic E-state index is 13.2. The topological polar surface area (TPSA) is 305 Å². The molecule has 7 aromatic carbocycles. The van der Waals surface area contributed by atoms with E-state index < -0.39 is 30.2 Å². The van der Waals surface area contributed by atoms with Crippen LogP contribution < -0.4 is 10.6 Å². The van der Waals surface area contributed by atoms with Gasteiger partial charge in [-0.15, -0.1) is 0 Å². The molecule has 2 N–H and O–H groups in total. The molecule has 130 heavy (non-hydrogen) atoms. The van der Waals surface area contributed by atoms with Gasteiger partial charge in [-0.1, -0.05) is 191 Å². The Morgan fingerprint density at radius 1 is 0.423 bits per heavy atom. The molecule has 0 aliphatic carbocycles. The number of nitrogens with one attached hydrogen (secondary N) is 2. The molecule has 5 aliphatic heterocycles. The summed E-state index contributed by atoms with van der Waals surface area (Å²) < 4.78 is 21.4. The van der Waals surface area contributed by atoms with Crippen LogP contribution in [0.5, 0.6) is 0 Å². The molecule has 0 radical (unpaired) electrons. The number of rotatable bonds is 24. The van der Waals surface area contributed by atoms with Crippen molar-refractivity contribution in [1.82, 2.24) is 60.0 Å². The van der Waals surface area contributed by atoms with Crippen molar-refractivity contribution in [3.05, 3.63) is 328 Å². The SMILES string of the molecule is CC(=O)C(Cc1ccc(Cl)cc1)C(=O)[C@H]1CCCN1C(=O)OCc1ccccc1.CC(=O)CC(=O)[C@H]1CCCN1C(=O)OCc1ccccc1.Cc1ncnc(C2CCCN2)c1Cc1ccc(Cl)cc1.Cc1ncnc(C2CCCN2C(=O)Nc2c(C)noc2C)c1Cc1ccc(Cl)cc1.Cc1ncnc(C2CCCN2C(=O)OCc2ccccc2)c1Cc1ccc(Cl)cc1. The number of ether oxygens (including phenoxy) is 3. The number of benzene rings is 7. The zero-order valence-corrected chi connectivity index (χ0v) is 77.2. The summed E-state index contributed by atoms with van der Waals surface area (Å²) in [7, 11) is 0. The Hall–Kier alpha value is -12.1. The van der Waals surface area contributed by atoms with Gasteiger partial charge in [0.1, 0.15) is 61.8 Å². The Morgan fingerprint density at radius 3 is 1.21 bits per heavy atom. The van der Waals surface area contributed by atoms with Crippen molar-refractivity contribution < 1.29 is 57.1 Å². The van der Waals surface area contributed by atoms with Gasteiger partial charge in [0, 0.05) is 105 Å². The molecule has 29 heteroatoms. The van der Waals surface area contributed by atoms with Gasteiger partial charge < -0.3 is 34.3 Å². The van der Waals surface area contributed by atoms with E-state index in [9.17, 15) is 38.4 Å². The molecule has 9 heterocycles. The highest BCUT2D eigenvalue weighted by molar-refractivity contribution is 6.31. The molecule has 0 spiro atoms. The number of aromatic nitrogens is 7. The number of halogens is 4. The first kappa shape index (κ1) is 96.9. The average Bonchev–Trinajstić information content (AvgIpc) is 1.59. The Labute approximate surface area is 778 Å². The fourth-order valence-electron chi connectivity index (χ4n) is 16.7. The number of aryl methyl sites for hydroxylation is 5. The number of carbonyl (C=O) groups is 8. The van der Waals surface area contributed by atoms with Crippen LogP contribution in [-0.4, -0.2) is 147 Å². The highest BCUT2D eigenvalue weighted by atomic mass is 35.5. The van der Waals surface area contributed by atoms with E-state index in [1.54, 1.807) is 42.9 Å². The van der Waals surface area contributed by atoms with Gasteiger partial charge in [0.25, 0.3) is 0 Å². The lowest BCUT2D eigenvalue weighted by Gasteiger charge is -2.26. The zero-order chi connectivity index (χ0) is 92.2. The van der Waals surface area contributed by atoms with Gasteiger partial charge >= 0.3 is 24.3 Å². The number of anilines is 1. The normalized spacial score (nSPS) is 16.9. The minimum atomic E-state index is -0.788. The molecule has 11 aromatic rings. The van der Waals surface area contributed by atoms with Crippen LogP contribution in [0.2, 0.25) is 20.1 Å².